The first kappa shape index (κ1) is 15.8. The molecule has 0 saturated heterocycles. The summed E-state index contributed by atoms with van der Waals surface area (Å²) >= 11 is 0. The Bertz CT molecular complexity index is 513. The molecule has 1 rings (SSSR count). The van der Waals surface area contributed by atoms with Gasteiger partial charge in [0.15, 0.2) is 5.78 Å². The second-order valence-electron chi connectivity index (χ2n) is 4.53. The molecule has 0 fully saturated rings. The monoisotopic (exact) mass is 285 g/mol. The minimum Gasteiger partial charge on any atom is -0.297 e. The fraction of sp³-hybridized carbons (Fsp3) is 0.462. The summed E-state index contributed by atoms with van der Waals surface area (Å²) in [6.45, 7) is 2.21. The van der Waals surface area contributed by atoms with E-state index in [1.54, 1.807) is 43.1 Å². The van der Waals surface area contributed by atoms with E-state index >= 15 is 0 Å². The molecule has 1 aromatic carbocycles. The highest BCUT2D eigenvalue weighted by molar-refractivity contribution is 7.85. The van der Waals surface area contributed by atoms with Crippen LogP contribution in [0.5, 0.6) is 0 Å². The van der Waals surface area contributed by atoms with E-state index in [-0.39, 0.29) is 17.6 Å². The van der Waals surface area contributed by atoms with Crippen LogP contribution in [-0.2, 0) is 10.1 Å². The standard InChI is InChI=1S/C13H19NO4S/c1-11(13(15)12-7-4-3-5-8-12)14(2)9-6-10-19(16,17)18/h3-5,7-8,11H,6,9-10H2,1-2H3,(H,16,17,18)/t11-/m1/s1. The van der Waals surface area contributed by atoms with Crippen molar-refractivity contribution in [2.75, 3.05) is 19.3 Å². The Morgan fingerprint density at radius 1 is 1.32 bits per heavy atom. The molecule has 6 heteroatoms. The number of rotatable bonds is 7. The molecule has 1 N–H and O–H groups in total. The topological polar surface area (TPSA) is 74.7 Å². The van der Waals surface area contributed by atoms with Crippen LogP contribution in [0.25, 0.3) is 0 Å². The van der Waals surface area contributed by atoms with E-state index < -0.39 is 10.1 Å². The molecule has 19 heavy (non-hydrogen) atoms. The summed E-state index contributed by atoms with van der Waals surface area (Å²) in [6.07, 6.45) is 0.293. The van der Waals surface area contributed by atoms with Crippen molar-refractivity contribution in [3.63, 3.8) is 0 Å². The lowest BCUT2D eigenvalue weighted by molar-refractivity contribution is 0.0869. The van der Waals surface area contributed by atoms with Crippen LogP contribution in [0.15, 0.2) is 30.3 Å². The van der Waals surface area contributed by atoms with E-state index in [1.165, 1.54) is 0 Å². The third-order valence-corrected chi connectivity index (χ3v) is 3.82. The molecule has 0 aromatic heterocycles. The van der Waals surface area contributed by atoms with Gasteiger partial charge in [0.1, 0.15) is 0 Å². The van der Waals surface area contributed by atoms with Crippen LogP contribution >= 0.6 is 0 Å². The normalized spacial score (nSPS) is 13.5. The Morgan fingerprint density at radius 2 is 1.89 bits per heavy atom. The number of ketones is 1. The molecule has 0 unspecified atom stereocenters. The van der Waals surface area contributed by atoms with Gasteiger partial charge in [-0.05, 0) is 26.9 Å². The number of likely N-dealkylation sites (N-methyl/N-ethyl adjacent to an activating group) is 1. The lowest BCUT2D eigenvalue weighted by Crippen LogP contribution is -2.37. The smallest absolute Gasteiger partial charge is 0.264 e. The van der Waals surface area contributed by atoms with E-state index in [1.807, 2.05) is 6.07 Å². The van der Waals surface area contributed by atoms with Crippen LogP contribution in [0.2, 0.25) is 0 Å². The van der Waals surface area contributed by atoms with E-state index in [2.05, 4.69) is 0 Å². The highest BCUT2D eigenvalue weighted by Crippen LogP contribution is 2.08. The van der Waals surface area contributed by atoms with Crippen LogP contribution in [0.4, 0.5) is 0 Å². The van der Waals surface area contributed by atoms with Crippen LogP contribution in [0.1, 0.15) is 23.7 Å². The maximum Gasteiger partial charge on any atom is 0.264 e. The van der Waals surface area contributed by atoms with Crippen molar-refractivity contribution in [2.24, 2.45) is 0 Å². The number of Topliss-reactive ketones (excluding diaryl/α,β-unsaturated/α-hetero) is 1. The molecular weight excluding hydrogens is 266 g/mol. The summed E-state index contributed by atoms with van der Waals surface area (Å²) in [5.74, 6) is -0.293. The second kappa shape index (κ2) is 6.79. The van der Waals surface area contributed by atoms with Crippen molar-refractivity contribution >= 4 is 15.9 Å². The average Bonchev–Trinajstić information content (AvgIpc) is 2.36. The molecule has 0 aliphatic heterocycles. The van der Waals surface area contributed by atoms with Crippen molar-refractivity contribution in [3.05, 3.63) is 35.9 Å². The number of nitrogens with zero attached hydrogens (tertiary/aromatic N) is 1. The Kier molecular flexibility index (Phi) is 5.65. The van der Waals surface area contributed by atoms with Gasteiger partial charge in [-0.15, -0.1) is 0 Å². The zero-order valence-corrected chi connectivity index (χ0v) is 11.9. The molecule has 0 radical (unpaired) electrons. The van der Waals surface area contributed by atoms with E-state index in [0.717, 1.165) is 0 Å². The van der Waals surface area contributed by atoms with Crippen LogP contribution < -0.4 is 0 Å². The fourth-order valence-corrected chi connectivity index (χ4v) is 2.23. The van der Waals surface area contributed by atoms with Gasteiger partial charge < -0.3 is 0 Å². The van der Waals surface area contributed by atoms with Crippen molar-refractivity contribution < 1.29 is 17.8 Å². The van der Waals surface area contributed by atoms with Crippen LogP contribution in [-0.4, -0.2) is 49.0 Å². The van der Waals surface area contributed by atoms with E-state index in [4.69, 9.17) is 4.55 Å². The Labute approximate surface area is 114 Å². The van der Waals surface area contributed by atoms with Gasteiger partial charge in [-0.25, -0.2) is 0 Å². The van der Waals surface area contributed by atoms with E-state index in [0.29, 0.717) is 18.5 Å². The molecule has 0 aliphatic rings. The van der Waals surface area contributed by atoms with Crippen molar-refractivity contribution in [2.45, 2.75) is 19.4 Å². The summed E-state index contributed by atoms with van der Waals surface area (Å²) in [5.41, 5.74) is 0.636. The summed E-state index contributed by atoms with van der Waals surface area (Å²) in [7, 11) is -2.17. The van der Waals surface area contributed by atoms with Gasteiger partial charge in [0, 0.05) is 5.56 Å². The largest absolute Gasteiger partial charge is 0.297 e. The summed E-state index contributed by atoms with van der Waals surface area (Å²) < 4.78 is 29.9. The number of hydrogen-bond acceptors (Lipinski definition) is 4. The van der Waals surface area contributed by atoms with Crippen molar-refractivity contribution in [1.82, 2.24) is 4.90 Å². The van der Waals surface area contributed by atoms with E-state index in [9.17, 15) is 13.2 Å². The molecule has 0 bridgehead atoms. The molecule has 0 saturated carbocycles. The van der Waals surface area contributed by atoms with Gasteiger partial charge in [-0.3, -0.25) is 14.2 Å². The third-order valence-electron chi connectivity index (χ3n) is 3.01. The number of benzene rings is 1. The molecule has 0 aliphatic carbocycles. The second-order valence-corrected chi connectivity index (χ2v) is 6.10. The van der Waals surface area contributed by atoms with Gasteiger partial charge in [-0.1, -0.05) is 30.3 Å². The third kappa shape index (κ3) is 5.50. The molecular formula is C13H19NO4S. The summed E-state index contributed by atoms with van der Waals surface area (Å²) in [5, 5.41) is 0. The van der Waals surface area contributed by atoms with Crippen molar-refractivity contribution in [1.29, 1.82) is 0 Å². The van der Waals surface area contributed by atoms with Gasteiger partial charge in [0.05, 0.1) is 11.8 Å². The van der Waals surface area contributed by atoms with Gasteiger partial charge in [0.25, 0.3) is 10.1 Å². The number of carbonyl (C=O) groups is 1. The predicted octanol–water partition coefficient (Wildman–Crippen LogP) is 1.47. The SMILES string of the molecule is C[C@H](C(=O)c1ccccc1)N(C)CCCS(=O)(=O)O. The number of carbonyl (C=O) groups excluding carboxylic acids is 1. The first-order chi connectivity index (χ1) is 8.81. The Balaban J connectivity index is 2.53. The molecule has 0 amide bonds. The summed E-state index contributed by atoms with van der Waals surface area (Å²) in [6, 6.07) is 8.63. The van der Waals surface area contributed by atoms with Crippen molar-refractivity contribution in [3.8, 4) is 0 Å². The van der Waals surface area contributed by atoms with Crippen LogP contribution in [0, 0.1) is 0 Å². The number of hydrogen-bond donors (Lipinski definition) is 1. The predicted molar refractivity (Wildman–Crippen MR) is 73.9 cm³/mol. The fourth-order valence-electron chi connectivity index (χ4n) is 1.73. The average molecular weight is 285 g/mol. The molecule has 1 atom stereocenters. The quantitative estimate of drug-likeness (QED) is 0.606. The lowest BCUT2D eigenvalue weighted by Gasteiger charge is -2.23. The molecule has 0 spiro atoms. The zero-order valence-electron chi connectivity index (χ0n) is 11.1. The molecule has 1 aromatic rings. The maximum absolute atomic E-state index is 12.1. The molecule has 0 heterocycles. The lowest BCUT2D eigenvalue weighted by atomic mass is 10.0. The van der Waals surface area contributed by atoms with Gasteiger partial charge in [0.2, 0.25) is 0 Å². The minimum atomic E-state index is -3.93. The Hall–Kier alpha value is -1.24. The molecule has 106 valence electrons. The van der Waals surface area contributed by atoms with Crippen LogP contribution in [0.3, 0.4) is 0 Å². The van der Waals surface area contributed by atoms with Gasteiger partial charge in [-0.2, -0.15) is 8.42 Å². The first-order valence-corrected chi connectivity index (χ1v) is 7.67. The zero-order chi connectivity index (χ0) is 14.5. The summed E-state index contributed by atoms with van der Waals surface area (Å²) in [4.78, 5) is 13.9. The molecule has 5 nitrogen and oxygen atoms in total. The minimum absolute atomic E-state index is 0.00467. The maximum atomic E-state index is 12.1. The first-order valence-electron chi connectivity index (χ1n) is 6.06. The Morgan fingerprint density at radius 3 is 2.42 bits per heavy atom. The highest BCUT2D eigenvalue weighted by atomic mass is 32.2. The van der Waals surface area contributed by atoms with Gasteiger partial charge >= 0.3 is 0 Å². The highest BCUT2D eigenvalue weighted by Gasteiger charge is 2.19.